The van der Waals surface area contributed by atoms with Crippen LogP contribution in [0.2, 0.25) is 0 Å². The number of aromatic nitrogens is 2. The summed E-state index contributed by atoms with van der Waals surface area (Å²) >= 11 is 0. The van der Waals surface area contributed by atoms with Crippen molar-refractivity contribution < 1.29 is 9.53 Å². The lowest BCUT2D eigenvalue weighted by Crippen LogP contribution is -2.51. The Labute approximate surface area is 153 Å². The molecule has 1 aromatic carbocycles. The minimum absolute atomic E-state index is 0.0390. The second-order valence-corrected chi connectivity index (χ2v) is 6.22. The Balaban J connectivity index is 1.68. The summed E-state index contributed by atoms with van der Waals surface area (Å²) in [4.78, 5) is 26.6. The summed E-state index contributed by atoms with van der Waals surface area (Å²) in [5, 5.41) is 3.27. The molecule has 26 heavy (non-hydrogen) atoms. The van der Waals surface area contributed by atoms with Crippen molar-refractivity contribution in [2.24, 2.45) is 0 Å². The van der Waals surface area contributed by atoms with Crippen molar-refractivity contribution in [2.75, 3.05) is 57.6 Å². The summed E-state index contributed by atoms with van der Waals surface area (Å²) in [6.07, 6.45) is 1.73. The Kier molecular flexibility index (Phi) is 5.40. The number of ether oxygens (including phenoxy) is 1. The molecular weight excluding hydrogens is 332 g/mol. The molecule has 0 radical (unpaired) electrons. The summed E-state index contributed by atoms with van der Waals surface area (Å²) in [7, 11) is 5.18. The summed E-state index contributed by atoms with van der Waals surface area (Å²) in [5.74, 6) is 2.11. The van der Waals surface area contributed by atoms with Gasteiger partial charge in [0.05, 0.1) is 12.8 Å². The Hall–Kier alpha value is -3.03. The third-order valence-corrected chi connectivity index (χ3v) is 4.23. The monoisotopic (exact) mass is 356 g/mol. The average molecular weight is 356 g/mol. The summed E-state index contributed by atoms with van der Waals surface area (Å²) in [6.45, 7) is 2.73. The van der Waals surface area contributed by atoms with Gasteiger partial charge in [-0.2, -0.15) is 4.98 Å². The number of carbonyl (C=O) groups excluding carboxylic acids is 1. The second-order valence-electron chi connectivity index (χ2n) is 6.22. The second kappa shape index (κ2) is 7.90. The maximum atomic E-state index is 12.0. The topological polar surface area (TPSA) is 73.8 Å². The lowest BCUT2D eigenvalue weighted by Gasteiger charge is -2.35. The predicted octanol–water partition coefficient (Wildman–Crippen LogP) is 2.03. The molecule has 138 valence electrons. The maximum Gasteiger partial charge on any atom is 0.319 e. The molecule has 1 aliphatic heterocycles. The van der Waals surface area contributed by atoms with E-state index in [1.807, 2.05) is 35.2 Å². The van der Waals surface area contributed by atoms with E-state index >= 15 is 0 Å². The minimum Gasteiger partial charge on any atom is -0.495 e. The molecule has 1 fully saturated rings. The molecule has 0 unspecified atom stereocenters. The van der Waals surface area contributed by atoms with E-state index in [4.69, 9.17) is 4.74 Å². The molecule has 2 aromatic rings. The number of amides is 2. The van der Waals surface area contributed by atoms with Crippen LogP contribution in [0, 0.1) is 0 Å². The number of nitrogens with one attached hydrogen (secondary N) is 1. The fourth-order valence-electron chi connectivity index (χ4n) is 2.84. The molecule has 0 atom stereocenters. The largest absolute Gasteiger partial charge is 0.495 e. The highest BCUT2D eigenvalue weighted by atomic mass is 16.5. The summed E-state index contributed by atoms with van der Waals surface area (Å²) < 4.78 is 5.36. The molecule has 2 heterocycles. The zero-order valence-electron chi connectivity index (χ0n) is 15.3. The van der Waals surface area contributed by atoms with Gasteiger partial charge >= 0.3 is 6.03 Å². The van der Waals surface area contributed by atoms with Crippen LogP contribution in [0.5, 0.6) is 5.75 Å². The lowest BCUT2D eigenvalue weighted by molar-refractivity contribution is 0.167. The normalized spacial score (nSPS) is 14.1. The fourth-order valence-corrected chi connectivity index (χ4v) is 2.84. The van der Waals surface area contributed by atoms with E-state index < -0.39 is 0 Å². The van der Waals surface area contributed by atoms with E-state index in [1.54, 1.807) is 32.3 Å². The molecule has 1 aliphatic rings. The molecule has 0 spiro atoms. The van der Waals surface area contributed by atoms with Crippen molar-refractivity contribution in [3.05, 3.63) is 36.5 Å². The lowest BCUT2D eigenvalue weighted by atomic mass is 10.3. The van der Waals surface area contributed by atoms with E-state index in [-0.39, 0.29) is 6.03 Å². The van der Waals surface area contributed by atoms with Crippen LogP contribution in [0.1, 0.15) is 0 Å². The number of benzene rings is 1. The number of urea groups is 1. The predicted molar refractivity (Wildman–Crippen MR) is 101 cm³/mol. The van der Waals surface area contributed by atoms with Crippen molar-refractivity contribution in [1.29, 1.82) is 0 Å². The third-order valence-electron chi connectivity index (χ3n) is 4.23. The van der Waals surface area contributed by atoms with Crippen LogP contribution >= 0.6 is 0 Å². The van der Waals surface area contributed by atoms with Crippen molar-refractivity contribution in [3.63, 3.8) is 0 Å². The van der Waals surface area contributed by atoms with Crippen molar-refractivity contribution >= 4 is 23.5 Å². The third kappa shape index (κ3) is 3.96. The minimum atomic E-state index is 0.0390. The molecule has 0 saturated carbocycles. The quantitative estimate of drug-likeness (QED) is 0.904. The molecule has 8 nitrogen and oxygen atoms in total. The summed E-state index contributed by atoms with van der Waals surface area (Å²) in [6, 6.07) is 9.55. The number of hydrogen-bond donors (Lipinski definition) is 1. The van der Waals surface area contributed by atoms with Gasteiger partial charge in [0.2, 0.25) is 5.95 Å². The first kappa shape index (κ1) is 17.8. The van der Waals surface area contributed by atoms with E-state index in [1.165, 1.54) is 0 Å². The number of hydrogen-bond acceptors (Lipinski definition) is 6. The van der Waals surface area contributed by atoms with E-state index in [9.17, 15) is 4.79 Å². The molecule has 8 heteroatoms. The number of carbonyl (C=O) groups is 1. The van der Waals surface area contributed by atoms with Gasteiger partial charge in [-0.05, 0) is 18.2 Å². The highest BCUT2D eigenvalue weighted by Crippen LogP contribution is 2.26. The van der Waals surface area contributed by atoms with Gasteiger partial charge in [-0.15, -0.1) is 0 Å². The zero-order valence-corrected chi connectivity index (χ0v) is 15.3. The first-order chi connectivity index (χ1) is 12.6. The van der Waals surface area contributed by atoms with Crippen molar-refractivity contribution in [1.82, 2.24) is 19.8 Å². The van der Waals surface area contributed by atoms with E-state index in [0.29, 0.717) is 37.9 Å². The Morgan fingerprint density at radius 3 is 2.58 bits per heavy atom. The first-order valence-corrected chi connectivity index (χ1v) is 8.53. The Morgan fingerprint density at radius 2 is 1.88 bits per heavy atom. The Morgan fingerprint density at radius 1 is 1.15 bits per heavy atom. The number of piperazine rings is 1. The smallest absolute Gasteiger partial charge is 0.319 e. The van der Waals surface area contributed by atoms with Gasteiger partial charge in [0.25, 0.3) is 0 Å². The number of rotatable bonds is 4. The van der Waals surface area contributed by atoms with Crippen molar-refractivity contribution in [3.8, 4) is 5.75 Å². The van der Waals surface area contributed by atoms with Gasteiger partial charge in [0.1, 0.15) is 11.6 Å². The van der Waals surface area contributed by atoms with Crippen LogP contribution in [0.4, 0.5) is 22.2 Å². The van der Waals surface area contributed by atoms with Gasteiger partial charge < -0.3 is 24.8 Å². The molecule has 0 aliphatic carbocycles. The van der Waals surface area contributed by atoms with Crippen LogP contribution < -0.4 is 15.0 Å². The highest BCUT2D eigenvalue weighted by molar-refractivity contribution is 5.74. The van der Waals surface area contributed by atoms with Gasteiger partial charge in [0, 0.05) is 46.5 Å². The van der Waals surface area contributed by atoms with Crippen LogP contribution in [-0.4, -0.2) is 73.2 Å². The number of para-hydroxylation sites is 2. The van der Waals surface area contributed by atoms with Gasteiger partial charge in [-0.1, -0.05) is 12.1 Å². The SMILES string of the molecule is COc1ccccc1Nc1ccnc(N2CCN(C(=O)N(C)C)CC2)n1. The summed E-state index contributed by atoms with van der Waals surface area (Å²) in [5.41, 5.74) is 0.848. The molecule has 3 rings (SSSR count). The van der Waals surface area contributed by atoms with Gasteiger partial charge in [0.15, 0.2) is 0 Å². The molecular formula is C18H24N6O2. The van der Waals surface area contributed by atoms with Gasteiger partial charge in [-0.25, -0.2) is 9.78 Å². The zero-order chi connectivity index (χ0) is 18.5. The Bertz CT molecular complexity index is 759. The number of anilines is 3. The van der Waals surface area contributed by atoms with Gasteiger partial charge in [-0.3, -0.25) is 0 Å². The van der Waals surface area contributed by atoms with Crippen LogP contribution in [0.15, 0.2) is 36.5 Å². The molecule has 0 bridgehead atoms. The first-order valence-electron chi connectivity index (χ1n) is 8.53. The average Bonchev–Trinajstić information content (AvgIpc) is 2.68. The van der Waals surface area contributed by atoms with Crippen LogP contribution in [-0.2, 0) is 0 Å². The standard InChI is InChI=1S/C18H24N6O2/c1-22(2)18(25)24-12-10-23(11-13-24)17-19-9-8-16(21-17)20-14-6-4-5-7-15(14)26-3/h4-9H,10-13H2,1-3H3,(H,19,20,21). The maximum absolute atomic E-state index is 12.0. The van der Waals surface area contributed by atoms with E-state index in [2.05, 4.69) is 20.2 Å². The molecule has 1 N–H and O–H groups in total. The fraction of sp³-hybridized carbons (Fsp3) is 0.389. The molecule has 1 aromatic heterocycles. The van der Waals surface area contributed by atoms with Crippen molar-refractivity contribution in [2.45, 2.75) is 0 Å². The molecule has 2 amide bonds. The highest BCUT2D eigenvalue weighted by Gasteiger charge is 2.23. The van der Waals surface area contributed by atoms with E-state index in [0.717, 1.165) is 11.4 Å². The number of methoxy groups -OCH3 is 1. The van der Waals surface area contributed by atoms with Crippen LogP contribution in [0.3, 0.4) is 0 Å². The van der Waals surface area contributed by atoms with Crippen LogP contribution in [0.25, 0.3) is 0 Å². The number of nitrogens with zero attached hydrogens (tertiary/aromatic N) is 5. The molecule has 1 saturated heterocycles.